The summed E-state index contributed by atoms with van der Waals surface area (Å²) in [5.74, 6) is 0.833. The van der Waals surface area contributed by atoms with Gasteiger partial charge in [-0.2, -0.15) is 0 Å². The average Bonchev–Trinajstić information content (AvgIpc) is 3.24. The van der Waals surface area contributed by atoms with Gasteiger partial charge in [-0.1, -0.05) is 35.3 Å². The number of thiazole rings is 1. The van der Waals surface area contributed by atoms with Crippen molar-refractivity contribution in [2.45, 2.75) is 29.4 Å². The third-order valence-electron chi connectivity index (χ3n) is 5.44. The molecule has 0 unspecified atom stereocenters. The number of anilines is 1. The first-order valence-electron chi connectivity index (χ1n) is 9.88. The Hall–Kier alpha value is -1.80. The number of rotatable bonds is 6. The van der Waals surface area contributed by atoms with Gasteiger partial charge in [0.05, 0.1) is 28.0 Å². The molecule has 9 heteroatoms. The van der Waals surface area contributed by atoms with Crippen LogP contribution in [0.15, 0.2) is 52.7 Å². The van der Waals surface area contributed by atoms with E-state index in [0.717, 1.165) is 23.0 Å². The van der Waals surface area contributed by atoms with Crippen molar-refractivity contribution in [3.8, 4) is 5.75 Å². The largest absolute Gasteiger partial charge is 0.497 e. The zero-order chi connectivity index (χ0) is 22.0. The van der Waals surface area contributed by atoms with Crippen LogP contribution in [0.1, 0.15) is 24.1 Å². The van der Waals surface area contributed by atoms with E-state index in [0.29, 0.717) is 31.0 Å². The number of piperidine rings is 1. The van der Waals surface area contributed by atoms with E-state index < -0.39 is 15.1 Å². The molecular formula is C22H22Cl2N2O3S2. The minimum atomic E-state index is -3.53. The van der Waals surface area contributed by atoms with Crippen LogP contribution >= 0.6 is 34.5 Å². The first kappa shape index (κ1) is 22.4. The SMILES string of the molecule is COc1ccc(Cc2csc(N3CCC(S(=O)(=O)c4cc(Cl)ccc4Cl)CC3)n2)cc1. The van der Waals surface area contributed by atoms with Crippen molar-refractivity contribution in [1.82, 2.24) is 4.98 Å². The van der Waals surface area contributed by atoms with Crippen molar-refractivity contribution in [3.05, 3.63) is 69.1 Å². The zero-order valence-corrected chi connectivity index (χ0v) is 20.1. The molecule has 2 heterocycles. The normalized spacial score (nSPS) is 15.3. The standard InChI is InChI=1S/C22H22Cl2N2O3S2/c1-29-18-5-2-15(3-6-18)12-17-14-30-22(25-17)26-10-8-19(9-11-26)31(27,28)21-13-16(23)4-7-20(21)24/h2-7,13-14,19H,8-12H2,1H3. The van der Waals surface area contributed by atoms with Crippen LogP contribution < -0.4 is 9.64 Å². The molecule has 164 valence electrons. The second kappa shape index (κ2) is 9.36. The van der Waals surface area contributed by atoms with E-state index in [9.17, 15) is 8.42 Å². The van der Waals surface area contributed by atoms with Crippen LogP contribution in [0.25, 0.3) is 0 Å². The summed E-state index contributed by atoms with van der Waals surface area (Å²) in [6, 6.07) is 12.5. The summed E-state index contributed by atoms with van der Waals surface area (Å²) < 4.78 is 31.3. The Morgan fingerprint density at radius 3 is 2.52 bits per heavy atom. The van der Waals surface area contributed by atoms with E-state index in [1.54, 1.807) is 24.5 Å². The van der Waals surface area contributed by atoms with Crippen LogP contribution in [-0.2, 0) is 16.3 Å². The van der Waals surface area contributed by atoms with Crippen LogP contribution in [0.5, 0.6) is 5.75 Å². The highest BCUT2D eigenvalue weighted by molar-refractivity contribution is 7.92. The molecule has 1 aliphatic heterocycles. The first-order valence-corrected chi connectivity index (χ1v) is 13.1. The molecule has 0 bridgehead atoms. The van der Waals surface area contributed by atoms with Crippen LogP contribution in [0, 0.1) is 0 Å². The number of nitrogens with zero attached hydrogens (tertiary/aromatic N) is 2. The molecule has 0 atom stereocenters. The number of aromatic nitrogens is 1. The Labute approximate surface area is 196 Å². The predicted molar refractivity (Wildman–Crippen MR) is 127 cm³/mol. The summed E-state index contributed by atoms with van der Waals surface area (Å²) in [4.78, 5) is 7.05. The fourth-order valence-corrected chi connectivity index (χ4v) is 7.09. The fraction of sp³-hybridized carbons (Fsp3) is 0.318. The maximum Gasteiger partial charge on any atom is 0.185 e. The Bertz CT molecular complexity index is 1160. The molecule has 5 nitrogen and oxygen atoms in total. The molecule has 0 aliphatic carbocycles. The van der Waals surface area contributed by atoms with Crippen molar-refractivity contribution in [2.24, 2.45) is 0 Å². The lowest BCUT2D eigenvalue weighted by Gasteiger charge is -2.31. The van der Waals surface area contributed by atoms with E-state index in [-0.39, 0.29) is 9.92 Å². The van der Waals surface area contributed by atoms with Crippen molar-refractivity contribution < 1.29 is 13.2 Å². The molecule has 0 saturated carbocycles. The molecule has 1 aliphatic rings. The van der Waals surface area contributed by atoms with Gasteiger partial charge in [0, 0.05) is 29.9 Å². The minimum absolute atomic E-state index is 0.121. The number of sulfone groups is 1. The summed E-state index contributed by atoms with van der Waals surface area (Å²) in [6.07, 6.45) is 1.80. The quantitative estimate of drug-likeness (QED) is 0.451. The molecule has 4 rings (SSSR count). The smallest absolute Gasteiger partial charge is 0.185 e. The molecule has 1 saturated heterocycles. The molecule has 1 fully saturated rings. The molecule has 3 aromatic rings. The number of hydrogen-bond donors (Lipinski definition) is 0. The highest BCUT2D eigenvalue weighted by atomic mass is 35.5. The zero-order valence-electron chi connectivity index (χ0n) is 16.9. The molecular weight excluding hydrogens is 475 g/mol. The third kappa shape index (κ3) is 5.00. The van der Waals surface area contributed by atoms with Gasteiger partial charge >= 0.3 is 0 Å². The van der Waals surface area contributed by atoms with E-state index in [2.05, 4.69) is 10.3 Å². The maximum absolute atomic E-state index is 13.1. The Balaban J connectivity index is 1.40. The Morgan fingerprint density at radius 2 is 1.84 bits per heavy atom. The van der Waals surface area contributed by atoms with Crippen LogP contribution in [0.3, 0.4) is 0 Å². The third-order valence-corrected chi connectivity index (χ3v) is 9.36. The summed E-state index contributed by atoms with van der Waals surface area (Å²) >= 11 is 13.7. The summed E-state index contributed by atoms with van der Waals surface area (Å²) in [5, 5.41) is 3.11. The second-order valence-corrected chi connectivity index (χ2v) is 11.3. The lowest BCUT2D eigenvalue weighted by atomic mass is 10.1. The van der Waals surface area contributed by atoms with Crippen molar-refractivity contribution in [2.75, 3.05) is 25.1 Å². The van der Waals surface area contributed by atoms with E-state index in [1.807, 2.05) is 24.3 Å². The van der Waals surface area contributed by atoms with Crippen LogP contribution in [0.2, 0.25) is 10.0 Å². The molecule has 2 aromatic carbocycles. The molecule has 0 spiro atoms. The highest BCUT2D eigenvalue weighted by Gasteiger charge is 2.33. The monoisotopic (exact) mass is 496 g/mol. The van der Waals surface area contributed by atoms with Gasteiger partial charge < -0.3 is 9.64 Å². The molecule has 0 radical (unpaired) electrons. The van der Waals surface area contributed by atoms with E-state index in [1.165, 1.54) is 17.7 Å². The van der Waals surface area contributed by atoms with Crippen LogP contribution in [-0.4, -0.2) is 38.9 Å². The van der Waals surface area contributed by atoms with Gasteiger partial charge in [-0.25, -0.2) is 13.4 Å². The summed E-state index contributed by atoms with van der Waals surface area (Å²) in [6.45, 7) is 1.27. The molecule has 1 aromatic heterocycles. The summed E-state index contributed by atoms with van der Waals surface area (Å²) in [5.41, 5.74) is 2.17. The lowest BCUT2D eigenvalue weighted by Crippen LogP contribution is -2.39. The number of methoxy groups -OCH3 is 1. The molecule has 0 amide bonds. The average molecular weight is 497 g/mol. The molecule has 0 N–H and O–H groups in total. The van der Waals surface area contributed by atoms with Crippen LogP contribution in [0.4, 0.5) is 5.13 Å². The van der Waals surface area contributed by atoms with Gasteiger partial charge in [-0.05, 0) is 48.7 Å². The summed E-state index contributed by atoms with van der Waals surface area (Å²) in [7, 11) is -1.88. The van der Waals surface area contributed by atoms with Gasteiger partial charge in [0.1, 0.15) is 5.75 Å². The molecule has 31 heavy (non-hydrogen) atoms. The topological polar surface area (TPSA) is 59.5 Å². The van der Waals surface area contributed by atoms with Gasteiger partial charge in [-0.3, -0.25) is 0 Å². The first-order chi connectivity index (χ1) is 14.9. The van der Waals surface area contributed by atoms with Crippen molar-refractivity contribution in [3.63, 3.8) is 0 Å². The van der Waals surface area contributed by atoms with Gasteiger partial charge in [0.2, 0.25) is 0 Å². The predicted octanol–water partition coefficient (Wildman–Crippen LogP) is 5.49. The Kier molecular flexibility index (Phi) is 6.77. The van der Waals surface area contributed by atoms with Gasteiger partial charge in [0.15, 0.2) is 15.0 Å². The van der Waals surface area contributed by atoms with Gasteiger partial charge in [-0.15, -0.1) is 11.3 Å². The van der Waals surface area contributed by atoms with Crippen molar-refractivity contribution in [1.29, 1.82) is 0 Å². The number of halogens is 2. The Morgan fingerprint density at radius 1 is 1.13 bits per heavy atom. The number of ether oxygens (including phenoxy) is 1. The highest BCUT2D eigenvalue weighted by Crippen LogP contribution is 2.33. The minimum Gasteiger partial charge on any atom is -0.497 e. The lowest BCUT2D eigenvalue weighted by molar-refractivity contribution is 0.414. The second-order valence-electron chi connectivity index (χ2n) is 7.45. The fourth-order valence-electron chi connectivity index (χ4n) is 3.71. The number of benzene rings is 2. The van der Waals surface area contributed by atoms with Gasteiger partial charge in [0.25, 0.3) is 0 Å². The van der Waals surface area contributed by atoms with E-state index in [4.69, 9.17) is 32.9 Å². The van der Waals surface area contributed by atoms with E-state index >= 15 is 0 Å². The van der Waals surface area contributed by atoms with Crippen molar-refractivity contribution >= 4 is 49.5 Å². The maximum atomic E-state index is 13.1. The number of hydrogen-bond acceptors (Lipinski definition) is 6.